The molecular formula is C20H14ClN3O3. The van der Waals surface area contributed by atoms with Crippen LogP contribution in [0.1, 0.15) is 26.3 Å². The Balaban J connectivity index is 1.56. The largest absolute Gasteiger partial charge is 0.423 e. The van der Waals surface area contributed by atoms with Crippen LogP contribution in [0.5, 0.6) is 5.75 Å². The number of nitrogens with one attached hydrogen (secondary N) is 1. The van der Waals surface area contributed by atoms with Crippen molar-refractivity contribution in [3.63, 3.8) is 0 Å². The van der Waals surface area contributed by atoms with E-state index in [0.29, 0.717) is 21.9 Å². The summed E-state index contributed by atoms with van der Waals surface area (Å²) in [5.41, 5.74) is 3.97. The van der Waals surface area contributed by atoms with Crippen LogP contribution in [0.3, 0.4) is 0 Å². The van der Waals surface area contributed by atoms with Gasteiger partial charge in [-0.1, -0.05) is 11.6 Å². The molecule has 3 aromatic rings. The van der Waals surface area contributed by atoms with Crippen LogP contribution in [-0.2, 0) is 0 Å². The smallest absolute Gasteiger partial charge is 0.343 e. The van der Waals surface area contributed by atoms with E-state index in [9.17, 15) is 9.59 Å². The van der Waals surface area contributed by atoms with Crippen molar-refractivity contribution in [3.8, 4) is 5.75 Å². The van der Waals surface area contributed by atoms with Gasteiger partial charge in [0.2, 0.25) is 0 Å². The molecule has 0 spiro atoms. The Labute approximate surface area is 160 Å². The summed E-state index contributed by atoms with van der Waals surface area (Å²) >= 11 is 5.80. The monoisotopic (exact) mass is 379 g/mol. The molecule has 0 radical (unpaired) electrons. The molecule has 0 saturated carbocycles. The van der Waals surface area contributed by atoms with E-state index >= 15 is 0 Å². The van der Waals surface area contributed by atoms with E-state index in [0.717, 1.165) is 5.56 Å². The zero-order chi connectivity index (χ0) is 19.1. The molecule has 0 unspecified atom stereocenters. The molecule has 0 aliphatic carbocycles. The number of pyridine rings is 1. The van der Waals surface area contributed by atoms with Gasteiger partial charge in [-0.05, 0) is 66.2 Å². The fourth-order valence-corrected chi connectivity index (χ4v) is 2.23. The molecule has 0 atom stereocenters. The lowest BCUT2D eigenvalue weighted by atomic mass is 10.2. The van der Waals surface area contributed by atoms with Crippen molar-refractivity contribution in [3.05, 3.63) is 94.8 Å². The van der Waals surface area contributed by atoms with Crippen LogP contribution in [0.15, 0.2) is 78.2 Å². The summed E-state index contributed by atoms with van der Waals surface area (Å²) in [6.07, 6.45) is 4.52. The highest BCUT2D eigenvalue weighted by molar-refractivity contribution is 6.30. The number of hydrazone groups is 1. The first-order valence-corrected chi connectivity index (χ1v) is 8.31. The fraction of sp³-hybridized carbons (Fsp3) is 0. The molecular weight excluding hydrogens is 366 g/mol. The molecule has 7 heteroatoms. The summed E-state index contributed by atoms with van der Waals surface area (Å²) in [6.45, 7) is 0. The molecule has 3 rings (SSSR count). The van der Waals surface area contributed by atoms with Gasteiger partial charge in [-0.3, -0.25) is 9.78 Å². The number of benzene rings is 2. The Kier molecular flexibility index (Phi) is 5.91. The molecule has 0 saturated heterocycles. The van der Waals surface area contributed by atoms with Crippen molar-refractivity contribution >= 4 is 29.7 Å². The van der Waals surface area contributed by atoms with E-state index in [4.69, 9.17) is 16.3 Å². The molecule has 1 aromatic heterocycles. The average Bonchev–Trinajstić information content (AvgIpc) is 2.70. The Morgan fingerprint density at radius 2 is 1.74 bits per heavy atom. The zero-order valence-corrected chi connectivity index (χ0v) is 14.8. The van der Waals surface area contributed by atoms with Crippen molar-refractivity contribution in [2.45, 2.75) is 0 Å². The number of nitrogens with zero attached hydrogens (tertiary/aromatic N) is 2. The lowest BCUT2D eigenvalue weighted by Gasteiger charge is -2.04. The van der Waals surface area contributed by atoms with E-state index in [1.165, 1.54) is 12.4 Å². The highest BCUT2D eigenvalue weighted by Crippen LogP contribution is 2.15. The molecule has 0 aliphatic rings. The third kappa shape index (κ3) is 5.23. The Morgan fingerprint density at radius 1 is 1.00 bits per heavy atom. The van der Waals surface area contributed by atoms with Gasteiger partial charge in [-0.15, -0.1) is 0 Å². The van der Waals surface area contributed by atoms with Crippen LogP contribution >= 0.6 is 11.6 Å². The molecule has 1 amide bonds. The summed E-state index contributed by atoms with van der Waals surface area (Å²) in [5.74, 6) is -0.434. The van der Waals surface area contributed by atoms with Crippen LogP contribution < -0.4 is 10.2 Å². The zero-order valence-electron chi connectivity index (χ0n) is 14.0. The van der Waals surface area contributed by atoms with Gasteiger partial charge in [0.15, 0.2) is 0 Å². The number of carbonyl (C=O) groups excluding carboxylic acids is 2. The molecule has 1 heterocycles. The minimum Gasteiger partial charge on any atom is -0.423 e. The summed E-state index contributed by atoms with van der Waals surface area (Å²) in [4.78, 5) is 27.8. The molecule has 0 aliphatic heterocycles. The molecule has 2 aromatic carbocycles. The minimum atomic E-state index is -0.475. The van der Waals surface area contributed by atoms with Gasteiger partial charge in [0.25, 0.3) is 5.91 Å². The van der Waals surface area contributed by atoms with E-state index in [1.54, 1.807) is 66.9 Å². The van der Waals surface area contributed by atoms with Crippen molar-refractivity contribution in [2.24, 2.45) is 5.10 Å². The van der Waals surface area contributed by atoms with Gasteiger partial charge in [0, 0.05) is 17.4 Å². The van der Waals surface area contributed by atoms with Gasteiger partial charge in [-0.2, -0.15) is 5.10 Å². The third-order valence-electron chi connectivity index (χ3n) is 3.47. The maximum absolute atomic E-state index is 12.0. The lowest BCUT2D eigenvalue weighted by molar-refractivity contribution is 0.0734. The number of hydrogen-bond acceptors (Lipinski definition) is 5. The van der Waals surface area contributed by atoms with E-state index in [1.807, 2.05) is 0 Å². The maximum atomic E-state index is 12.0. The standard InChI is InChI=1S/C20H14ClN3O3/c21-17-7-5-15(6-8-17)20(26)27-18-9-3-14(4-10-18)12-23-24-19(25)16-2-1-11-22-13-16/h1-13H,(H,24,25). The first kappa shape index (κ1) is 18.3. The molecule has 0 fully saturated rings. The molecule has 1 N–H and O–H groups in total. The van der Waals surface area contributed by atoms with E-state index in [2.05, 4.69) is 15.5 Å². The Hall–Kier alpha value is -3.51. The van der Waals surface area contributed by atoms with Gasteiger partial charge >= 0.3 is 5.97 Å². The van der Waals surface area contributed by atoms with Crippen molar-refractivity contribution < 1.29 is 14.3 Å². The van der Waals surface area contributed by atoms with Crippen molar-refractivity contribution in [1.29, 1.82) is 0 Å². The van der Waals surface area contributed by atoms with Gasteiger partial charge in [-0.25, -0.2) is 10.2 Å². The average molecular weight is 380 g/mol. The van der Waals surface area contributed by atoms with Crippen LogP contribution in [0.4, 0.5) is 0 Å². The number of aromatic nitrogens is 1. The minimum absolute atomic E-state index is 0.354. The number of esters is 1. The SMILES string of the molecule is O=C(NN=Cc1ccc(OC(=O)c2ccc(Cl)cc2)cc1)c1cccnc1. The van der Waals surface area contributed by atoms with Gasteiger partial charge < -0.3 is 4.74 Å². The quantitative estimate of drug-likeness (QED) is 0.317. The first-order chi connectivity index (χ1) is 13.1. The first-order valence-electron chi connectivity index (χ1n) is 7.93. The predicted molar refractivity (Wildman–Crippen MR) is 102 cm³/mol. The normalized spacial score (nSPS) is 10.6. The number of rotatable bonds is 5. The Morgan fingerprint density at radius 3 is 2.41 bits per heavy atom. The van der Waals surface area contributed by atoms with Crippen LogP contribution in [0, 0.1) is 0 Å². The predicted octanol–water partition coefficient (Wildman–Crippen LogP) is 3.72. The second kappa shape index (κ2) is 8.73. The number of hydrogen-bond donors (Lipinski definition) is 1. The number of carbonyl (C=O) groups is 2. The van der Waals surface area contributed by atoms with Gasteiger partial charge in [0.05, 0.1) is 17.3 Å². The van der Waals surface area contributed by atoms with Crippen LogP contribution in [0.2, 0.25) is 5.02 Å². The molecule has 27 heavy (non-hydrogen) atoms. The van der Waals surface area contributed by atoms with Crippen molar-refractivity contribution in [1.82, 2.24) is 10.4 Å². The number of ether oxygens (including phenoxy) is 1. The summed E-state index contributed by atoms with van der Waals surface area (Å²) in [7, 11) is 0. The molecule has 0 bridgehead atoms. The van der Waals surface area contributed by atoms with Gasteiger partial charge in [0.1, 0.15) is 5.75 Å². The molecule has 134 valence electrons. The lowest BCUT2D eigenvalue weighted by Crippen LogP contribution is -2.17. The summed E-state index contributed by atoms with van der Waals surface area (Å²) in [5, 5.41) is 4.44. The highest BCUT2D eigenvalue weighted by atomic mass is 35.5. The summed E-state index contributed by atoms with van der Waals surface area (Å²) < 4.78 is 5.29. The third-order valence-corrected chi connectivity index (χ3v) is 3.73. The molecule has 6 nitrogen and oxygen atoms in total. The van der Waals surface area contributed by atoms with E-state index < -0.39 is 5.97 Å². The second-order valence-corrected chi connectivity index (χ2v) is 5.84. The maximum Gasteiger partial charge on any atom is 0.343 e. The fourth-order valence-electron chi connectivity index (χ4n) is 2.10. The number of halogens is 1. The van der Waals surface area contributed by atoms with Crippen LogP contribution in [-0.4, -0.2) is 23.1 Å². The van der Waals surface area contributed by atoms with Crippen molar-refractivity contribution in [2.75, 3.05) is 0 Å². The highest BCUT2D eigenvalue weighted by Gasteiger charge is 2.08. The second-order valence-electron chi connectivity index (χ2n) is 5.41. The van der Waals surface area contributed by atoms with Crippen LogP contribution in [0.25, 0.3) is 0 Å². The summed E-state index contributed by atoms with van der Waals surface area (Å²) in [6, 6.07) is 16.4. The number of amides is 1. The van der Waals surface area contributed by atoms with E-state index in [-0.39, 0.29) is 5.91 Å². The Bertz CT molecular complexity index is 956. The topological polar surface area (TPSA) is 80.6 Å².